The van der Waals surface area contributed by atoms with E-state index in [0.717, 1.165) is 52.6 Å². The molecule has 2 amide bonds. The Labute approximate surface area is 263 Å². The van der Waals surface area contributed by atoms with E-state index < -0.39 is 11.5 Å². The second kappa shape index (κ2) is 12.4. The van der Waals surface area contributed by atoms with Crippen LogP contribution in [0.4, 0.5) is 5.69 Å². The van der Waals surface area contributed by atoms with E-state index in [9.17, 15) is 14.4 Å². The van der Waals surface area contributed by atoms with Crippen LogP contribution >= 0.6 is 23.2 Å². The molecule has 2 atom stereocenters. The summed E-state index contributed by atoms with van der Waals surface area (Å²) in [4.78, 5) is 41.5. The number of fused-ring (bicyclic) bond motifs is 1. The topological polar surface area (TPSA) is 138 Å². The molecule has 226 valence electrons. The molecule has 3 heterocycles. The summed E-state index contributed by atoms with van der Waals surface area (Å²) in [5.74, 6) is 0.0487. The van der Waals surface area contributed by atoms with Crippen molar-refractivity contribution in [2.24, 2.45) is 0 Å². The lowest BCUT2D eigenvalue weighted by Crippen LogP contribution is -2.36. The molecule has 0 unspecified atom stereocenters. The van der Waals surface area contributed by atoms with Crippen LogP contribution in [0, 0.1) is 6.92 Å². The molecule has 0 spiro atoms. The number of rotatable bonds is 8. The van der Waals surface area contributed by atoms with Gasteiger partial charge >= 0.3 is 0 Å². The molecule has 2 aromatic carbocycles. The van der Waals surface area contributed by atoms with E-state index in [4.69, 9.17) is 32.9 Å². The van der Waals surface area contributed by atoms with Gasteiger partial charge in [-0.3, -0.25) is 14.4 Å². The number of amides is 2. The predicted octanol–water partition coefficient (Wildman–Crippen LogP) is 5.23. The van der Waals surface area contributed by atoms with Crippen molar-refractivity contribution in [3.63, 3.8) is 0 Å². The van der Waals surface area contributed by atoms with Crippen molar-refractivity contribution in [3.8, 4) is 28.3 Å². The van der Waals surface area contributed by atoms with E-state index in [2.05, 4.69) is 32.2 Å². The third kappa shape index (κ3) is 5.80. The number of hydrogen-bond acceptors (Lipinski definition) is 7. The predicted molar refractivity (Wildman–Crippen MR) is 169 cm³/mol. The Bertz CT molecular complexity index is 1840. The van der Waals surface area contributed by atoms with Crippen LogP contribution in [0.5, 0.6) is 5.88 Å². The highest BCUT2D eigenvalue weighted by Gasteiger charge is 2.30. The second-order valence-corrected chi connectivity index (χ2v) is 11.7. The maximum Gasteiger partial charge on any atom is 0.277 e. The Morgan fingerprint density at radius 2 is 1.82 bits per heavy atom. The number of benzene rings is 2. The summed E-state index contributed by atoms with van der Waals surface area (Å²) < 4.78 is 5.78. The number of nitrogens with zero attached hydrogens (tertiary/aromatic N) is 2. The van der Waals surface area contributed by atoms with Crippen molar-refractivity contribution in [1.82, 2.24) is 25.8 Å². The van der Waals surface area contributed by atoms with Crippen molar-refractivity contribution in [2.75, 3.05) is 19.0 Å². The van der Waals surface area contributed by atoms with Gasteiger partial charge in [-0.15, -0.1) is 0 Å². The minimum Gasteiger partial charge on any atom is -0.481 e. The van der Waals surface area contributed by atoms with E-state index in [1.165, 1.54) is 6.07 Å². The highest BCUT2D eigenvalue weighted by molar-refractivity contribution is 6.36. The van der Waals surface area contributed by atoms with Gasteiger partial charge in [-0.25, -0.2) is 10.1 Å². The lowest BCUT2D eigenvalue weighted by atomic mass is 9.96. The van der Waals surface area contributed by atoms with Gasteiger partial charge in [-0.2, -0.15) is 5.10 Å². The Morgan fingerprint density at radius 3 is 2.59 bits per heavy atom. The van der Waals surface area contributed by atoms with Gasteiger partial charge in [-0.1, -0.05) is 53.5 Å². The number of aryl methyl sites for hydroxylation is 1. The summed E-state index contributed by atoms with van der Waals surface area (Å²) in [6.45, 7) is 2.57. The van der Waals surface area contributed by atoms with Crippen molar-refractivity contribution in [3.05, 3.63) is 91.3 Å². The molecule has 1 aliphatic carbocycles. The molecule has 10 nitrogen and oxygen atoms in total. The van der Waals surface area contributed by atoms with Crippen molar-refractivity contribution in [1.29, 1.82) is 0 Å². The quantitative estimate of drug-likeness (QED) is 0.209. The fraction of sp³-hybridized carbons (Fsp3) is 0.281. The first kappa shape index (κ1) is 29.8. The zero-order valence-corrected chi connectivity index (χ0v) is 25.6. The number of ether oxygens (including phenoxy) is 1. The number of nitrogens with one attached hydrogen (secondary N) is 4. The number of methoxy groups -OCH3 is 1. The van der Waals surface area contributed by atoms with E-state index in [1.807, 2.05) is 37.3 Å². The highest BCUT2D eigenvalue weighted by Crippen LogP contribution is 2.43. The van der Waals surface area contributed by atoms with Gasteiger partial charge in [0.1, 0.15) is 10.7 Å². The molecule has 1 fully saturated rings. The van der Waals surface area contributed by atoms with E-state index in [1.54, 1.807) is 13.2 Å². The number of anilines is 1. The standard InChI is InChI=1S/C32H30Cl2N6O4/c1-16-19(5-4-8-23(16)37-30(42)22-14-26(33)39-40-31(22)43)20-6-3-7-21(29(20)34)25-13-17-9-11-24(28(17)32(38-25)44-2)35-15-18-10-12-27(41)36-18/h3-8,13-14,18,24,35H,9-12,15H2,1-2H3,(H,36,41)(H,37,42)(H,40,43)/t18-,24-/m0/s1. The monoisotopic (exact) mass is 632 g/mol. The minimum absolute atomic E-state index is 0.00598. The van der Waals surface area contributed by atoms with Gasteiger partial charge in [0.15, 0.2) is 0 Å². The number of H-pyrrole nitrogens is 1. The number of hydrogen-bond donors (Lipinski definition) is 4. The summed E-state index contributed by atoms with van der Waals surface area (Å²) in [7, 11) is 1.62. The summed E-state index contributed by atoms with van der Waals surface area (Å²) >= 11 is 12.9. The molecule has 1 saturated heterocycles. The third-order valence-corrected chi connectivity index (χ3v) is 8.81. The lowest BCUT2D eigenvalue weighted by Gasteiger charge is -2.20. The SMILES string of the molecule is COc1nc(-c2cccc(-c3cccc(NC(=O)c4cc(Cl)n[nH]c4=O)c3C)c2Cl)cc2c1[C@@H](NC[C@@H]1CCC(=O)N1)CC2. The highest BCUT2D eigenvalue weighted by atomic mass is 35.5. The van der Waals surface area contributed by atoms with Crippen molar-refractivity contribution < 1.29 is 14.3 Å². The maximum absolute atomic E-state index is 12.9. The largest absolute Gasteiger partial charge is 0.481 e. The van der Waals surface area contributed by atoms with Crippen molar-refractivity contribution in [2.45, 2.75) is 44.7 Å². The molecular weight excluding hydrogens is 603 g/mol. The third-order valence-electron chi connectivity index (χ3n) is 8.21. The number of aromatic nitrogens is 3. The molecule has 4 aromatic rings. The van der Waals surface area contributed by atoms with Gasteiger partial charge in [0.25, 0.3) is 11.5 Å². The number of halogens is 2. The lowest BCUT2D eigenvalue weighted by molar-refractivity contribution is -0.119. The van der Waals surface area contributed by atoms with Gasteiger partial charge in [0.2, 0.25) is 11.8 Å². The van der Waals surface area contributed by atoms with Crippen LogP contribution in [0.1, 0.15) is 52.4 Å². The Hall–Kier alpha value is -4.25. The fourth-order valence-electron chi connectivity index (χ4n) is 5.96. The molecule has 2 aromatic heterocycles. The van der Waals surface area contributed by atoms with Gasteiger partial charge in [0, 0.05) is 47.4 Å². The molecule has 44 heavy (non-hydrogen) atoms. The number of carbonyl (C=O) groups excluding carboxylic acids is 2. The molecule has 12 heteroatoms. The first-order valence-corrected chi connectivity index (χ1v) is 15.0. The smallest absolute Gasteiger partial charge is 0.277 e. The van der Waals surface area contributed by atoms with Crippen LogP contribution in [0.2, 0.25) is 10.2 Å². The second-order valence-electron chi connectivity index (χ2n) is 10.9. The van der Waals surface area contributed by atoms with Crippen LogP contribution < -0.4 is 26.2 Å². The van der Waals surface area contributed by atoms with Gasteiger partial charge < -0.3 is 20.7 Å². The summed E-state index contributed by atoms with van der Waals surface area (Å²) in [6.07, 6.45) is 3.17. The van der Waals surface area contributed by atoms with E-state index >= 15 is 0 Å². The first-order chi connectivity index (χ1) is 21.2. The maximum atomic E-state index is 12.9. The van der Waals surface area contributed by atoms with Crippen LogP contribution in [0.3, 0.4) is 0 Å². The summed E-state index contributed by atoms with van der Waals surface area (Å²) in [5, 5.41) is 15.7. The van der Waals surface area contributed by atoms with Crippen LogP contribution in [-0.2, 0) is 11.2 Å². The Morgan fingerprint density at radius 1 is 1.05 bits per heavy atom. The van der Waals surface area contributed by atoms with Crippen LogP contribution in [-0.4, -0.2) is 46.7 Å². The minimum atomic E-state index is -0.641. The number of aromatic amines is 1. The average molecular weight is 634 g/mol. The van der Waals surface area contributed by atoms with Crippen LogP contribution in [0.25, 0.3) is 22.4 Å². The number of carbonyl (C=O) groups is 2. The normalized spacial score (nSPS) is 17.3. The molecule has 4 N–H and O–H groups in total. The zero-order chi connectivity index (χ0) is 31.0. The van der Waals surface area contributed by atoms with E-state index in [-0.39, 0.29) is 28.7 Å². The zero-order valence-electron chi connectivity index (χ0n) is 24.1. The van der Waals surface area contributed by atoms with Crippen molar-refractivity contribution >= 4 is 40.7 Å². The Kier molecular flexibility index (Phi) is 8.40. The van der Waals surface area contributed by atoms with E-state index in [0.29, 0.717) is 35.2 Å². The molecule has 6 rings (SSSR count). The summed E-state index contributed by atoms with van der Waals surface area (Å²) in [6, 6.07) is 14.8. The molecule has 0 bridgehead atoms. The molecule has 0 radical (unpaired) electrons. The van der Waals surface area contributed by atoms with Gasteiger partial charge in [-0.05, 0) is 61.1 Å². The van der Waals surface area contributed by atoms with Gasteiger partial charge in [0.05, 0.1) is 17.8 Å². The first-order valence-electron chi connectivity index (χ1n) is 14.3. The molecule has 1 aliphatic heterocycles. The summed E-state index contributed by atoms with van der Waals surface area (Å²) in [5.41, 5.74) is 5.73. The Balaban J connectivity index is 1.29. The average Bonchev–Trinajstić information content (AvgIpc) is 3.63. The van der Waals surface area contributed by atoms with Crippen LogP contribution in [0.15, 0.2) is 53.3 Å². The molecule has 2 aliphatic rings. The molecular formula is C32H30Cl2N6O4. The molecule has 0 saturated carbocycles. The number of pyridine rings is 1. The fourth-order valence-corrected chi connectivity index (χ4v) is 6.43.